The molecule has 2 amide bonds. The van der Waals surface area contributed by atoms with Crippen molar-refractivity contribution in [3.8, 4) is 0 Å². The van der Waals surface area contributed by atoms with Gasteiger partial charge in [-0.25, -0.2) is 9.97 Å². The van der Waals surface area contributed by atoms with Crippen LogP contribution in [0.3, 0.4) is 0 Å². The molecule has 2 aromatic heterocycles. The molecule has 0 radical (unpaired) electrons. The molecule has 4 rings (SSSR count). The summed E-state index contributed by atoms with van der Waals surface area (Å²) in [4.78, 5) is 34.2. The summed E-state index contributed by atoms with van der Waals surface area (Å²) in [5, 5.41) is 6.48. The molecular weight excluding hydrogens is 410 g/mol. The Kier molecular flexibility index (Phi) is 5.21. The van der Waals surface area contributed by atoms with Gasteiger partial charge in [0.05, 0.1) is 9.85 Å². The van der Waals surface area contributed by atoms with E-state index in [1.807, 2.05) is 24.3 Å². The standard InChI is InChI=1S/C20H18ClN5O2S/c21-16-5-2-13(29-16)3-6-17(27)26-20(7-8-23-19(20)28)10-12-1-4-14-15(9-12)24-11-25-18(14)22/h1-6,9,11H,7-8,10H2,(H,23,28)(H,26,27)(H2,22,24,25)/t20-/m1/s1. The number of aromatic nitrogens is 2. The van der Waals surface area contributed by atoms with Gasteiger partial charge in [0.2, 0.25) is 11.8 Å². The van der Waals surface area contributed by atoms with Crippen molar-refractivity contribution in [3.63, 3.8) is 0 Å². The van der Waals surface area contributed by atoms with E-state index in [4.69, 9.17) is 17.3 Å². The monoisotopic (exact) mass is 427 g/mol. The number of anilines is 1. The van der Waals surface area contributed by atoms with Crippen molar-refractivity contribution in [2.45, 2.75) is 18.4 Å². The fraction of sp³-hybridized carbons (Fsp3) is 0.200. The predicted molar refractivity (Wildman–Crippen MR) is 115 cm³/mol. The number of nitrogen functional groups attached to an aromatic ring is 1. The molecular formula is C20H18ClN5O2S. The number of nitrogens with one attached hydrogen (secondary N) is 2. The number of fused-ring (bicyclic) bond motifs is 1. The molecule has 1 aromatic carbocycles. The molecule has 148 valence electrons. The largest absolute Gasteiger partial charge is 0.383 e. The van der Waals surface area contributed by atoms with Crippen molar-refractivity contribution in [3.05, 3.63) is 57.5 Å². The summed E-state index contributed by atoms with van der Waals surface area (Å²) in [6, 6.07) is 9.19. The van der Waals surface area contributed by atoms with Crippen LogP contribution in [0.15, 0.2) is 42.7 Å². The van der Waals surface area contributed by atoms with Gasteiger partial charge in [0.1, 0.15) is 17.7 Å². The van der Waals surface area contributed by atoms with Crippen LogP contribution in [0, 0.1) is 0 Å². The van der Waals surface area contributed by atoms with E-state index in [1.54, 1.807) is 12.1 Å². The molecule has 1 fully saturated rings. The van der Waals surface area contributed by atoms with Gasteiger partial charge in [0.15, 0.2) is 0 Å². The zero-order valence-corrected chi connectivity index (χ0v) is 16.9. The van der Waals surface area contributed by atoms with Gasteiger partial charge in [0, 0.05) is 29.3 Å². The van der Waals surface area contributed by atoms with Gasteiger partial charge < -0.3 is 16.4 Å². The fourth-order valence-corrected chi connectivity index (χ4v) is 4.40. The van der Waals surface area contributed by atoms with Gasteiger partial charge in [-0.15, -0.1) is 11.3 Å². The third kappa shape index (κ3) is 4.08. The maximum Gasteiger partial charge on any atom is 0.246 e. The summed E-state index contributed by atoms with van der Waals surface area (Å²) in [7, 11) is 0. The molecule has 1 aliphatic rings. The third-order valence-electron chi connectivity index (χ3n) is 4.87. The molecule has 1 aliphatic heterocycles. The highest BCUT2D eigenvalue weighted by molar-refractivity contribution is 7.17. The zero-order valence-electron chi connectivity index (χ0n) is 15.3. The summed E-state index contributed by atoms with van der Waals surface area (Å²) in [6.45, 7) is 0.506. The first-order valence-electron chi connectivity index (χ1n) is 8.98. The first-order chi connectivity index (χ1) is 13.9. The van der Waals surface area contributed by atoms with Crippen LogP contribution in [-0.2, 0) is 16.0 Å². The van der Waals surface area contributed by atoms with Crippen LogP contribution < -0.4 is 16.4 Å². The zero-order chi connectivity index (χ0) is 20.4. The number of hydrogen-bond acceptors (Lipinski definition) is 6. The van der Waals surface area contributed by atoms with Gasteiger partial charge in [-0.1, -0.05) is 17.7 Å². The average Bonchev–Trinajstić information content (AvgIpc) is 3.26. The minimum Gasteiger partial charge on any atom is -0.383 e. The summed E-state index contributed by atoms with van der Waals surface area (Å²) in [5.74, 6) is -0.123. The minimum absolute atomic E-state index is 0.194. The number of rotatable bonds is 5. The summed E-state index contributed by atoms with van der Waals surface area (Å²) < 4.78 is 0.650. The van der Waals surface area contributed by atoms with Crippen molar-refractivity contribution < 1.29 is 9.59 Å². The van der Waals surface area contributed by atoms with Crippen LogP contribution in [0.4, 0.5) is 5.82 Å². The van der Waals surface area contributed by atoms with Crippen molar-refractivity contribution in [2.75, 3.05) is 12.3 Å². The second kappa shape index (κ2) is 7.81. The fourth-order valence-electron chi connectivity index (χ4n) is 3.44. The van der Waals surface area contributed by atoms with Crippen molar-refractivity contribution >= 4 is 57.5 Å². The Bertz CT molecular complexity index is 1130. The molecule has 7 nitrogen and oxygen atoms in total. The Hall–Kier alpha value is -2.97. The van der Waals surface area contributed by atoms with Crippen LogP contribution in [0.1, 0.15) is 16.9 Å². The van der Waals surface area contributed by atoms with Crippen LogP contribution in [0.25, 0.3) is 17.0 Å². The van der Waals surface area contributed by atoms with Crippen molar-refractivity contribution in [2.24, 2.45) is 0 Å². The van der Waals surface area contributed by atoms with Crippen LogP contribution >= 0.6 is 22.9 Å². The smallest absolute Gasteiger partial charge is 0.246 e. The molecule has 0 bridgehead atoms. The quantitative estimate of drug-likeness (QED) is 0.542. The lowest BCUT2D eigenvalue weighted by molar-refractivity contribution is -0.129. The second-order valence-corrected chi connectivity index (χ2v) is 8.59. The highest BCUT2D eigenvalue weighted by Gasteiger charge is 2.43. The van der Waals surface area contributed by atoms with Gasteiger partial charge >= 0.3 is 0 Å². The predicted octanol–water partition coefficient (Wildman–Crippen LogP) is 2.56. The number of benzene rings is 1. The summed E-state index contributed by atoms with van der Waals surface area (Å²) in [6.07, 6.45) is 5.36. The van der Waals surface area contributed by atoms with E-state index in [0.29, 0.717) is 35.1 Å². The highest BCUT2D eigenvalue weighted by Crippen LogP contribution is 2.26. The first-order valence-corrected chi connectivity index (χ1v) is 10.2. The highest BCUT2D eigenvalue weighted by atomic mass is 35.5. The van der Waals surface area contributed by atoms with Gasteiger partial charge in [-0.05, 0) is 42.3 Å². The van der Waals surface area contributed by atoms with Gasteiger partial charge in [0.25, 0.3) is 0 Å². The molecule has 1 saturated heterocycles. The Balaban J connectivity index is 1.56. The Morgan fingerprint density at radius 2 is 2.21 bits per heavy atom. The number of halogens is 1. The molecule has 4 N–H and O–H groups in total. The van der Waals surface area contributed by atoms with Crippen LogP contribution in [0.2, 0.25) is 4.34 Å². The maximum atomic E-state index is 12.6. The number of nitrogens with zero attached hydrogens (tertiary/aromatic N) is 2. The normalized spacial score (nSPS) is 19.0. The number of thiophene rings is 1. The molecule has 1 atom stereocenters. The third-order valence-corrected chi connectivity index (χ3v) is 6.06. The number of nitrogens with two attached hydrogens (primary N) is 1. The summed E-state index contributed by atoms with van der Waals surface area (Å²) in [5.41, 5.74) is 6.44. The lowest BCUT2D eigenvalue weighted by Gasteiger charge is -2.27. The lowest BCUT2D eigenvalue weighted by atomic mass is 9.88. The number of hydrogen-bond donors (Lipinski definition) is 3. The Morgan fingerprint density at radius 3 is 2.93 bits per heavy atom. The van der Waals surface area contributed by atoms with E-state index in [-0.39, 0.29) is 11.8 Å². The molecule has 0 unspecified atom stereocenters. The topological polar surface area (TPSA) is 110 Å². The van der Waals surface area contributed by atoms with E-state index in [2.05, 4.69) is 20.6 Å². The molecule has 3 aromatic rings. The Labute approximate surface area is 176 Å². The van der Waals surface area contributed by atoms with Gasteiger partial charge in [-0.3, -0.25) is 9.59 Å². The van der Waals surface area contributed by atoms with Crippen LogP contribution in [-0.4, -0.2) is 33.9 Å². The average molecular weight is 428 g/mol. The van der Waals surface area contributed by atoms with E-state index < -0.39 is 5.54 Å². The number of carbonyl (C=O) groups excluding carboxylic acids is 2. The first kappa shape index (κ1) is 19.4. The van der Waals surface area contributed by atoms with Crippen molar-refractivity contribution in [1.29, 1.82) is 0 Å². The lowest BCUT2D eigenvalue weighted by Crippen LogP contribution is -2.54. The van der Waals surface area contributed by atoms with E-state index in [0.717, 1.165) is 15.8 Å². The number of amides is 2. The maximum absolute atomic E-state index is 12.6. The minimum atomic E-state index is -1.01. The molecule has 0 spiro atoms. The SMILES string of the molecule is Nc1ncnc2cc(C[C@]3(NC(=O)C=Cc4ccc(Cl)s4)CCNC3=O)ccc12. The van der Waals surface area contributed by atoms with Crippen molar-refractivity contribution in [1.82, 2.24) is 20.6 Å². The van der Waals surface area contributed by atoms with E-state index in [9.17, 15) is 9.59 Å². The summed E-state index contributed by atoms with van der Waals surface area (Å²) >= 11 is 7.28. The van der Waals surface area contributed by atoms with Crippen LogP contribution in [0.5, 0.6) is 0 Å². The van der Waals surface area contributed by atoms with E-state index in [1.165, 1.54) is 23.7 Å². The number of carbonyl (C=O) groups is 2. The molecule has 3 heterocycles. The molecule has 9 heteroatoms. The van der Waals surface area contributed by atoms with Gasteiger partial charge in [-0.2, -0.15) is 0 Å². The molecule has 0 saturated carbocycles. The second-order valence-electron chi connectivity index (χ2n) is 6.84. The molecule has 0 aliphatic carbocycles. The molecule has 29 heavy (non-hydrogen) atoms. The Morgan fingerprint density at radius 1 is 1.34 bits per heavy atom. The van der Waals surface area contributed by atoms with E-state index >= 15 is 0 Å².